The molecule has 1 radical (unpaired) electrons. The van der Waals surface area contributed by atoms with Gasteiger partial charge in [0.15, 0.2) is 0 Å². The van der Waals surface area contributed by atoms with Crippen LogP contribution in [0.5, 0.6) is 0 Å². The molecule has 0 heterocycles. The summed E-state index contributed by atoms with van der Waals surface area (Å²) >= 11 is 0. The molecule has 0 bridgehead atoms. The molecule has 1 aromatic rings. The van der Waals surface area contributed by atoms with Gasteiger partial charge in [-0.15, -0.1) is 0 Å². The van der Waals surface area contributed by atoms with Gasteiger partial charge in [-0.1, -0.05) is 18.2 Å². The molecule has 0 nitrogen and oxygen atoms in total. The summed E-state index contributed by atoms with van der Waals surface area (Å²) in [6.45, 7) is 0. The maximum atomic E-state index is 12.5. The zero-order valence-corrected chi connectivity index (χ0v) is 8.93. The fourth-order valence-corrected chi connectivity index (χ4v) is 2.23. The van der Waals surface area contributed by atoms with E-state index in [1.807, 2.05) is 6.07 Å². The second-order valence-electron chi connectivity index (χ2n) is 4.26. The quantitative estimate of drug-likeness (QED) is 0.659. The summed E-state index contributed by atoms with van der Waals surface area (Å²) in [5.41, 5.74) is 0.308. The first-order chi connectivity index (χ1) is 7.57. The van der Waals surface area contributed by atoms with Gasteiger partial charge in [-0.05, 0) is 49.7 Å². The first-order valence-electron chi connectivity index (χ1n) is 5.56. The summed E-state index contributed by atoms with van der Waals surface area (Å²) < 4.78 is 37.6. The van der Waals surface area contributed by atoms with Crippen molar-refractivity contribution in [3.05, 3.63) is 41.8 Å². The molecule has 0 aliphatic heterocycles. The van der Waals surface area contributed by atoms with Crippen molar-refractivity contribution in [3.63, 3.8) is 0 Å². The zero-order valence-electron chi connectivity index (χ0n) is 8.93. The predicted molar refractivity (Wildman–Crippen MR) is 57.0 cm³/mol. The maximum Gasteiger partial charge on any atom is 0.416 e. The smallest absolute Gasteiger partial charge is 0.166 e. The molecule has 0 amide bonds. The molecule has 2 rings (SSSR count). The van der Waals surface area contributed by atoms with Gasteiger partial charge in [0.05, 0.1) is 5.56 Å². The lowest BCUT2D eigenvalue weighted by Crippen LogP contribution is -2.09. The molecule has 1 fully saturated rings. The summed E-state index contributed by atoms with van der Waals surface area (Å²) in [6, 6.07) is 5.76. The molecule has 1 saturated carbocycles. The van der Waals surface area contributed by atoms with Gasteiger partial charge in [0.1, 0.15) is 0 Å². The van der Waals surface area contributed by atoms with Crippen molar-refractivity contribution in [3.8, 4) is 0 Å². The van der Waals surface area contributed by atoms with Crippen molar-refractivity contribution in [1.82, 2.24) is 0 Å². The molecule has 0 unspecified atom stereocenters. The minimum Gasteiger partial charge on any atom is -0.166 e. The van der Waals surface area contributed by atoms with E-state index in [0.717, 1.165) is 37.3 Å². The molecule has 1 aliphatic rings. The fraction of sp³-hybridized carbons (Fsp3) is 0.462. The Balaban J connectivity index is 2.21. The standard InChI is InChI=1S/C13H14F3/c14-13(15,16)12-8-4-7-11(9-12)10-5-2-1-3-6-10/h1,4,7-10H,2-3,5-6H2. The highest BCUT2D eigenvalue weighted by Crippen LogP contribution is 2.35. The monoisotopic (exact) mass is 227 g/mol. The second-order valence-corrected chi connectivity index (χ2v) is 4.26. The van der Waals surface area contributed by atoms with Crippen LogP contribution in [0.1, 0.15) is 42.7 Å². The summed E-state index contributed by atoms with van der Waals surface area (Å²) in [5, 5.41) is 0. The SMILES string of the molecule is FC(F)(F)c1cccc(C2CC[CH]CC2)c1. The van der Waals surface area contributed by atoms with E-state index in [1.54, 1.807) is 0 Å². The molecule has 0 spiro atoms. The Bertz CT molecular complexity index is 348. The average molecular weight is 227 g/mol. The Labute approximate surface area is 93.5 Å². The maximum absolute atomic E-state index is 12.5. The van der Waals surface area contributed by atoms with Crippen molar-refractivity contribution in [2.45, 2.75) is 37.8 Å². The fourth-order valence-electron chi connectivity index (χ4n) is 2.23. The lowest BCUT2D eigenvalue weighted by molar-refractivity contribution is -0.137. The molecule has 0 saturated heterocycles. The van der Waals surface area contributed by atoms with E-state index in [0.29, 0.717) is 5.92 Å². The van der Waals surface area contributed by atoms with Crippen molar-refractivity contribution >= 4 is 0 Å². The van der Waals surface area contributed by atoms with Crippen molar-refractivity contribution < 1.29 is 13.2 Å². The van der Waals surface area contributed by atoms with Gasteiger partial charge in [0.2, 0.25) is 0 Å². The zero-order chi connectivity index (χ0) is 11.6. The van der Waals surface area contributed by atoms with E-state index in [2.05, 4.69) is 6.42 Å². The van der Waals surface area contributed by atoms with Crippen molar-refractivity contribution in [1.29, 1.82) is 0 Å². The number of hydrogen-bond acceptors (Lipinski definition) is 0. The van der Waals surface area contributed by atoms with E-state index in [-0.39, 0.29) is 0 Å². The highest BCUT2D eigenvalue weighted by atomic mass is 19.4. The Morgan fingerprint density at radius 3 is 2.38 bits per heavy atom. The molecule has 3 heteroatoms. The topological polar surface area (TPSA) is 0 Å². The first-order valence-corrected chi connectivity index (χ1v) is 5.56. The molecule has 0 N–H and O–H groups in total. The molecule has 0 aromatic heterocycles. The molecule has 87 valence electrons. The normalized spacial score (nSPS) is 18.7. The lowest BCUT2D eigenvalue weighted by atomic mass is 9.83. The summed E-state index contributed by atoms with van der Waals surface area (Å²) in [5.74, 6) is 0.298. The van der Waals surface area contributed by atoms with E-state index in [9.17, 15) is 13.2 Å². The van der Waals surface area contributed by atoms with Gasteiger partial charge in [0.25, 0.3) is 0 Å². The van der Waals surface area contributed by atoms with E-state index < -0.39 is 11.7 Å². The highest BCUT2D eigenvalue weighted by Gasteiger charge is 2.31. The van der Waals surface area contributed by atoms with Crippen LogP contribution in [0.2, 0.25) is 0 Å². The minimum atomic E-state index is -4.23. The third kappa shape index (κ3) is 2.57. The molecule has 16 heavy (non-hydrogen) atoms. The van der Waals surface area contributed by atoms with E-state index in [4.69, 9.17) is 0 Å². The lowest BCUT2D eigenvalue weighted by Gasteiger charge is -2.22. The van der Waals surface area contributed by atoms with Crippen LogP contribution in [0.25, 0.3) is 0 Å². The van der Waals surface area contributed by atoms with Crippen molar-refractivity contribution in [2.24, 2.45) is 0 Å². The van der Waals surface area contributed by atoms with Crippen LogP contribution in [-0.4, -0.2) is 0 Å². The largest absolute Gasteiger partial charge is 0.416 e. The van der Waals surface area contributed by atoms with Crippen molar-refractivity contribution in [2.75, 3.05) is 0 Å². The third-order valence-corrected chi connectivity index (χ3v) is 3.12. The van der Waals surface area contributed by atoms with Gasteiger partial charge in [-0.2, -0.15) is 13.2 Å². The molecule has 1 aliphatic carbocycles. The number of hydrogen-bond donors (Lipinski definition) is 0. The summed E-state index contributed by atoms with van der Waals surface area (Å²) in [4.78, 5) is 0. The molecular formula is C13H14F3. The van der Waals surface area contributed by atoms with Crippen LogP contribution >= 0.6 is 0 Å². The van der Waals surface area contributed by atoms with E-state index >= 15 is 0 Å². The van der Waals surface area contributed by atoms with Crippen LogP contribution in [0, 0.1) is 6.42 Å². The van der Waals surface area contributed by atoms with Gasteiger partial charge < -0.3 is 0 Å². The first kappa shape index (κ1) is 11.5. The Morgan fingerprint density at radius 1 is 1.06 bits per heavy atom. The molecule has 1 aromatic carbocycles. The van der Waals surface area contributed by atoms with Crippen LogP contribution in [0.15, 0.2) is 24.3 Å². The molecular weight excluding hydrogens is 213 g/mol. The summed E-state index contributed by atoms with van der Waals surface area (Å²) in [6.07, 6.45) is 1.96. The van der Waals surface area contributed by atoms with Gasteiger partial charge in [0, 0.05) is 0 Å². The third-order valence-electron chi connectivity index (χ3n) is 3.12. The number of benzene rings is 1. The Hall–Kier alpha value is -0.990. The minimum absolute atomic E-state index is 0.298. The summed E-state index contributed by atoms with van der Waals surface area (Å²) in [7, 11) is 0. The predicted octanol–water partition coefficient (Wildman–Crippen LogP) is 4.57. The van der Waals surface area contributed by atoms with Crippen LogP contribution in [0.4, 0.5) is 13.2 Å². The van der Waals surface area contributed by atoms with Crippen LogP contribution < -0.4 is 0 Å². The average Bonchev–Trinajstić information content (AvgIpc) is 2.29. The number of rotatable bonds is 1. The number of halogens is 3. The van der Waals surface area contributed by atoms with E-state index in [1.165, 1.54) is 12.1 Å². The second kappa shape index (κ2) is 4.48. The van der Waals surface area contributed by atoms with Gasteiger partial charge >= 0.3 is 6.18 Å². The van der Waals surface area contributed by atoms with Gasteiger partial charge in [-0.3, -0.25) is 0 Å². The Morgan fingerprint density at radius 2 is 1.75 bits per heavy atom. The molecule has 0 atom stereocenters. The van der Waals surface area contributed by atoms with Crippen LogP contribution in [-0.2, 0) is 6.18 Å². The Kier molecular flexibility index (Phi) is 3.22. The van der Waals surface area contributed by atoms with Crippen LogP contribution in [0.3, 0.4) is 0 Å². The number of alkyl halides is 3. The van der Waals surface area contributed by atoms with Gasteiger partial charge in [-0.25, -0.2) is 0 Å². The highest BCUT2D eigenvalue weighted by molar-refractivity contribution is 5.28.